The number of aliphatic hydroxyl groups excluding tert-OH is 1. The van der Waals surface area contributed by atoms with Crippen LogP contribution in [0.2, 0.25) is 0 Å². The molecule has 0 radical (unpaired) electrons. The van der Waals surface area contributed by atoms with Crippen molar-refractivity contribution in [2.75, 3.05) is 13.1 Å². The highest BCUT2D eigenvalue weighted by atomic mass is 19.1. The van der Waals surface area contributed by atoms with Crippen molar-refractivity contribution in [2.24, 2.45) is 0 Å². The van der Waals surface area contributed by atoms with Gasteiger partial charge in [-0.1, -0.05) is 25.1 Å². The summed E-state index contributed by atoms with van der Waals surface area (Å²) in [5.74, 6) is 0.401. The fraction of sp³-hybridized carbons (Fsp3) is 0.357. The van der Waals surface area contributed by atoms with Gasteiger partial charge in [0.15, 0.2) is 11.6 Å². The van der Waals surface area contributed by atoms with Crippen LogP contribution in [0.5, 0.6) is 5.75 Å². The van der Waals surface area contributed by atoms with Crippen LogP contribution >= 0.6 is 0 Å². The second-order valence-corrected chi connectivity index (χ2v) is 9.88. The summed E-state index contributed by atoms with van der Waals surface area (Å²) >= 11 is 0. The lowest BCUT2D eigenvalue weighted by molar-refractivity contribution is 0.0860. The van der Waals surface area contributed by atoms with Gasteiger partial charge in [0, 0.05) is 30.1 Å². The maximum atomic E-state index is 15.6. The first kappa shape index (κ1) is 22.9. The number of halogens is 1. The minimum Gasteiger partial charge on any atom is -0.508 e. The number of phenolic OH excluding ortho intramolecular Hbond substituents is 1. The van der Waals surface area contributed by atoms with Crippen LogP contribution in [0.1, 0.15) is 43.9 Å². The Kier molecular flexibility index (Phi) is 5.85. The Labute approximate surface area is 208 Å². The molecule has 4 aromatic rings. The second-order valence-electron chi connectivity index (χ2n) is 9.88. The predicted octanol–water partition coefficient (Wildman–Crippen LogP) is 5.03. The minimum atomic E-state index is -0.395. The molecule has 0 amide bonds. The molecule has 0 spiro atoms. The Hall–Kier alpha value is -3.49. The number of aromatic amines is 2. The molecular formula is C28H30FN5O2. The number of aromatic hydroxyl groups is 1. The summed E-state index contributed by atoms with van der Waals surface area (Å²) in [5, 5.41) is 27.6. The number of H-pyrrole nitrogens is 2. The lowest BCUT2D eigenvalue weighted by atomic mass is 9.92. The number of benzene rings is 2. The number of aliphatic hydroxyl groups is 1. The van der Waals surface area contributed by atoms with E-state index in [0.29, 0.717) is 34.9 Å². The first-order chi connectivity index (χ1) is 17.5. The van der Waals surface area contributed by atoms with Gasteiger partial charge in [0.05, 0.1) is 18.0 Å². The van der Waals surface area contributed by atoms with E-state index < -0.39 is 5.82 Å². The van der Waals surface area contributed by atoms with Crippen LogP contribution in [-0.2, 0) is 6.42 Å². The summed E-state index contributed by atoms with van der Waals surface area (Å²) in [6.07, 6.45) is 8.43. The first-order valence-electron chi connectivity index (χ1n) is 12.7. The SMILES string of the molecule is CCc1cc(O)ccc1-c1ccc2c(-c3ncc(C4=CCN(C5CCC(O)CC5)C4)[nH]3)[nH]nc2c1F. The summed E-state index contributed by atoms with van der Waals surface area (Å²) < 4.78 is 15.6. The third-order valence-corrected chi connectivity index (χ3v) is 7.71. The molecule has 8 heteroatoms. The molecule has 2 aliphatic rings. The van der Waals surface area contributed by atoms with Crippen molar-refractivity contribution in [1.29, 1.82) is 0 Å². The maximum absolute atomic E-state index is 15.6. The van der Waals surface area contributed by atoms with E-state index in [9.17, 15) is 10.2 Å². The fourth-order valence-electron chi connectivity index (χ4n) is 5.66. The summed E-state index contributed by atoms with van der Waals surface area (Å²) in [6.45, 7) is 3.74. The molecule has 2 aromatic heterocycles. The molecule has 4 N–H and O–H groups in total. The predicted molar refractivity (Wildman–Crippen MR) is 138 cm³/mol. The van der Waals surface area contributed by atoms with Crippen molar-refractivity contribution in [3.63, 3.8) is 0 Å². The van der Waals surface area contributed by atoms with E-state index in [2.05, 4.69) is 31.1 Å². The molecule has 3 heterocycles. The molecule has 36 heavy (non-hydrogen) atoms. The van der Waals surface area contributed by atoms with Gasteiger partial charge >= 0.3 is 0 Å². The van der Waals surface area contributed by atoms with Gasteiger partial charge in [-0.05, 0) is 67.0 Å². The van der Waals surface area contributed by atoms with Gasteiger partial charge in [-0.2, -0.15) is 5.10 Å². The first-order valence-corrected chi connectivity index (χ1v) is 12.7. The topological polar surface area (TPSA) is 101 Å². The quantitative estimate of drug-likeness (QED) is 0.316. The van der Waals surface area contributed by atoms with Crippen LogP contribution in [0, 0.1) is 5.82 Å². The zero-order valence-corrected chi connectivity index (χ0v) is 20.3. The molecule has 1 aliphatic heterocycles. The second kappa shape index (κ2) is 9.19. The molecule has 0 atom stereocenters. The molecule has 1 aliphatic carbocycles. The van der Waals surface area contributed by atoms with Gasteiger partial charge in [0.1, 0.15) is 17.0 Å². The minimum absolute atomic E-state index is 0.147. The number of phenols is 1. The van der Waals surface area contributed by atoms with Crippen LogP contribution < -0.4 is 0 Å². The number of aromatic nitrogens is 4. The van der Waals surface area contributed by atoms with E-state index in [0.717, 1.165) is 55.6 Å². The van der Waals surface area contributed by atoms with E-state index >= 15 is 4.39 Å². The lowest BCUT2D eigenvalue weighted by Crippen LogP contribution is -2.37. The number of nitrogens with zero attached hydrogens (tertiary/aromatic N) is 3. The summed E-state index contributed by atoms with van der Waals surface area (Å²) in [7, 11) is 0. The standard InChI is InChI=1S/C28H30FN5O2/c1-2-16-13-20(36)7-8-21(16)22-9-10-23-26(25(22)29)32-33-27(23)28-30-14-24(31-28)17-11-12-34(15-17)18-3-5-19(35)6-4-18/h7-11,13-14,18-19,35-36H,2-6,12,15H2,1H3,(H,30,31)(H,32,33). The highest BCUT2D eigenvalue weighted by molar-refractivity contribution is 5.95. The van der Waals surface area contributed by atoms with Crippen LogP contribution in [-0.4, -0.2) is 60.5 Å². The van der Waals surface area contributed by atoms with Crippen molar-refractivity contribution in [2.45, 2.75) is 51.2 Å². The molecule has 7 nitrogen and oxygen atoms in total. The van der Waals surface area contributed by atoms with E-state index in [4.69, 9.17) is 0 Å². The molecule has 0 saturated heterocycles. The Morgan fingerprint density at radius 3 is 2.72 bits per heavy atom. The van der Waals surface area contributed by atoms with Gasteiger partial charge in [0.25, 0.3) is 0 Å². The average Bonchev–Trinajstić information content (AvgIpc) is 3.64. The highest BCUT2D eigenvalue weighted by Crippen LogP contribution is 2.35. The molecule has 0 bridgehead atoms. The largest absolute Gasteiger partial charge is 0.508 e. The van der Waals surface area contributed by atoms with E-state index in [1.54, 1.807) is 24.3 Å². The lowest BCUT2D eigenvalue weighted by Gasteiger charge is -2.33. The van der Waals surface area contributed by atoms with Crippen LogP contribution in [0.3, 0.4) is 0 Å². The van der Waals surface area contributed by atoms with Crippen molar-refractivity contribution in [3.05, 3.63) is 59.7 Å². The summed E-state index contributed by atoms with van der Waals surface area (Å²) in [6, 6.07) is 9.16. The third kappa shape index (κ3) is 4.00. The van der Waals surface area contributed by atoms with Crippen LogP contribution in [0.25, 0.3) is 39.1 Å². The van der Waals surface area contributed by atoms with Crippen molar-refractivity contribution < 1.29 is 14.6 Å². The molecule has 186 valence electrons. The number of aryl methyl sites for hydroxylation is 1. The molecule has 0 unspecified atom stereocenters. The molecule has 1 fully saturated rings. The van der Waals surface area contributed by atoms with Crippen LogP contribution in [0.15, 0.2) is 42.6 Å². The number of hydrogen-bond acceptors (Lipinski definition) is 5. The molecule has 2 aromatic carbocycles. The highest BCUT2D eigenvalue weighted by Gasteiger charge is 2.28. The smallest absolute Gasteiger partial charge is 0.159 e. The zero-order valence-electron chi connectivity index (χ0n) is 20.3. The van der Waals surface area contributed by atoms with E-state index in [-0.39, 0.29) is 17.4 Å². The molecule has 6 rings (SSSR count). The van der Waals surface area contributed by atoms with E-state index in [1.165, 1.54) is 5.57 Å². The Balaban J connectivity index is 1.26. The summed E-state index contributed by atoms with van der Waals surface area (Å²) in [4.78, 5) is 10.5. The van der Waals surface area contributed by atoms with Gasteiger partial charge in [-0.15, -0.1) is 0 Å². The Morgan fingerprint density at radius 1 is 1.11 bits per heavy atom. The van der Waals surface area contributed by atoms with Crippen LogP contribution in [0.4, 0.5) is 4.39 Å². The Bertz CT molecular complexity index is 1450. The average molecular weight is 488 g/mol. The fourth-order valence-corrected chi connectivity index (χ4v) is 5.66. The van der Waals surface area contributed by atoms with Gasteiger partial charge < -0.3 is 15.2 Å². The number of rotatable bonds is 5. The third-order valence-electron chi connectivity index (χ3n) is 7.71. The number of nitrogens with one attached hydrogen (secondary N) is 2. The van der Waals surface area contributed by atoms with Crippen molar-refractivity contribution >= 4 is 16.5 Å². The number of hydrogen-bond donors (Lipinski definition) is 4. The molecular weight excluding hydrogens is 457 g/mol. The number of imidazole rings is 1. The van der Waals surface area contributed by atoms with Gasteiger partial charge in [-0.3, -0.25) is 10.00 Å². The zero-order chi connectivity index (χ0) is 24.8. The van der Waals surface area contributed by atoms with Crippen molar-refractivity contribution in [3.8, 4) is 28.4 Å². The summed E-state index contributed by atoms with van der Waals surface area (Å²) in [5.41, 5.74) is 5.18. The van der Waals surface area contributed by atoms with Gasteiger partial charge in [0.2, 0.25) is 0 Å². The monoisotopic (exact) mass is 487 g/mol. The number of fused-ring (bicyclic) bond motifs is 1. The molecule has 1 saturated carbocycles. The maximum Gasteiger partial charge on any atom is 0.159 e. The van der Waals surface area contributed by atoms with Gasteiger partial charge in [-0.25, -0.2) is 9.37 Å². The normalized spacial score (nSPS) is 20.8. The Morgan fingerprint density at radius 2 is 1.92 bits per heavy atom. The van der Waals surface area contributed by atoms with Crippen molar-refractivity contribution in [1.82, 2.24) is 25.1 Å². The van der Waals surface area contributed by atoms with E-state index in [1.807, 2.05) is 19.2 Å².